The van der Waals surface area contributed by atoms with Crippen molar-refractivity contribution in [3.8, 4) is 0 Å². The fraction of sp³-hybridized carbons (Fsp3) is 0.400. The third-order valence-electron chi connectivity index (χ3n) is 2.33. The molecule has 0 spiro atoms. The van der Waals surface area contributed by atoms with Gasteiger partial charge in [-0.15, -0.1) is 0 Å². The minimum atomic E-state index is -0.503. The van der Waals surface area contributed by atoms with Gasteiger partial charge in [0.25, 0.3) is 0 Å². The van der Waals surface area contributed by atoms with E-state index in [0.29, 0.717) is 6.42 Å². The highest BCUT2D eigenvalue weighted by Gasteiger charge is 2.18. The van der Waals surface area contributed by atoms with Crippen LogP contribution in [0.4, 0.5) is 4.79 Å². The summed E-state index contributed by atoms with van der Waals surface area (Å²) in [7, 11) is 0. The van der Waals surface area contributed by atoms with Gasteiger partial charge in [0.1, 0.15) is 5.60 Å². The minimum Gasteiger partial charge on any atom is -0.444 e. The molecule has 0 aliphatic heterocycles. The van der Waals surface area contributed by atoms with Crippen molar-refractivity contribution in [1.29, 1.82) is 0 Å². The first-order valence-corrected chi connectivity index (χ1v) is 7.91. The summed E-state index contributed by atoms with van der Waals surface area (Å²) in [5.41, 5.74) is 0.641. The lowest BCUT2D eigenvalue weighted by molar-refractivity contribution is 0.0514. The van der Waals surface area contributed by atoms with Crippen LogP contribution in [0, 0.1) is 0 Å². The van der Waals surface area contributed by atoms with Crippen molar-refractivity contribution >= 4 is 38.0 Å². The maximum absolute atomic E-state index is 11.8. The number of halogens is 2. The van der Waals surface area contributed by atoms with Gasteiger partial charge in [0, 0.05) is 0 Å². The molecule has 1 rings (SSSR count). The molecule has 1 aromatic carbocycles. The number of amides is 1. The van der Waals surface area contributed by atoms with E-state index in [9.17, 15) is 4.79 Å². The smallest absolute Gasteiger partial charge is 0.408 e. The van der Waals surface area contributed by atoms with Gasteiger partial charge < -0.3 is 10.1 Å². The molecular weight excluding hydrogens is 386 g/mol. The fourth-order valence-electron chi connectivity index (χ4n) is 1.63. The van der Waals surface area contributed by atoms with Crippen molar-refractivity contribution in [1.82, 2.24) is 5.32 Å². The average molecular weight is 405 g/mol. The third kappa shape index (κ3) is 7.70. The summed E-state index contributed by atoms with van der Waals surface area (Å²) < 4.78 is 6.07. The van der Waals surface area contributed by atoms with Crippen LogP contribution < -0.4 is 5.32 Å². The lowest BCUT2D eigenvalue weighted by Gasteiger charge is -2.22. The molecule has 0 aromatic heterocycles. The molecule has 3 nitrogen and oxygen atoms in total. The molecular formula is C15H19Br2NO2. The summed E-state index contributed by atoms with van der Waals surface area (Å²) in [4.78, 5) is 11.8. The van der Waals surface area contributed by atoms with Crippen LogP contribution in [-0.2, 0) is 11.2 Å². The van der Waals surface area contributed by atoms with Crippen LogP contribution in [0.25, 0.3) is 0 Å². The van der Waals surface area contributed by atoms with E-state index in [0.717, 1.165) is 8.96 Å². The lowest BCUT2D eigenvalue weighted by Crippen LogP contribution is -2.39. The molecule has 0 saturated heterocycles. The van der Waals surface area contributed by atoms with Crippen molar-refractivity contribution in [2.75, 3.05) is 0 Å². The van der Waals surface area contributed by atoms with Crippen LogP contribution in [0.3, 0.4) is 0 Å². The summed E-state index contributed by atoms with van der Waals surface area (Å²) >= 11 is 6.65. The Morgan fingerprint density at radius 3 is 2.40 bits per heavy atom. The summed E-state index contributed by atoms with van der Waals surface area (Å²) in [5, 5.41) is 2.86. The highest BCUT2D eigenvalue weighted by Crippen LogP contribution is 2.16. The fourth-order valence-corrected chi connectivity index (χ4v) is 2.27. The Kier molecular flexibility index (Phi) is 6.76. The standard InChI is InChI=1S/C15H19Br2NO2/c1-15(2,3)20-14(19)18-12(10-13(16)17)9-11-7-5-4-6-8-11/h4-8,10,12H,9H2,1-3H3,(H,18,19)/t12-/m0/s1. The Balaban J connectivity index is 2.71. The first kappa shape index (κ1) is 17.2. The average Bonchev–Trinajstić information content (AvgIpc) is 2.26. The molecule has 110 valence electrons. The highest BCUT2D eigenvalue weighted by atomic mass is 79.9. The molecule has 0 heterocycles. The first-order valence-electron chi connectivity index (χ1n) is 6.32. The molecule has 0 saturated carbocycles. The van der Waals surface area contributed by atoms with Crippen LogP contribution in [0.1, 0.15) is 26.3 Å². The Morgan fingerprint density at radius 1 is 1.30 bits per heavy atom. The van der Waals surface area contributed by atoms with E-state index >= 15 is 0 Å². The van der Waals surface area contributed by atoms with E-state index in [1.54, 1.807) is 0 Å². The second kappa shape index (κ2) is 7.84. The number of alkyl carbamates (subject to hydrolysis) is 1. The number of rotatable bonds is 4. The SMILES string of the molecule is CC(C)(C)OC(=O)N[C@H](C=C(Br)Br)Cc1ccccc1. The maximum Gasteiger partial charge on any atom is 0.408 e. The summed E-state index contributed by atoms with van der Waals surface area (Å²) in [6.07, 6.45) is 2.16. The van der Waals surface area contributed by atoms with Crippen molar-refractivity contribution in [3.63, 3.8) is 0 Å². The van der Waals surface area contributed by atoms with Crippen LogP contribution in [0.5, 0.6) is 0 Å². The summed E-state index contributed by atoms with van der Waals surface area (Å²) in [5.74, 6) is 0. The van der Waals surface area contributed by atoms with Gasteiger partial charge in [0.15, 0.2) is 0 Å². The van der Waals surface area contributed by atoms with E-state index < -0.39 is 11.7 Å². The van der Waals surface area contributed by atoms with Crippen molar-refractivity contribution in [2.24, 2.45) is 0 Å². The molecule has 0 aliphatic rings. The van der Waals surface area contributed by atoms with E-state index in [-0.39, 0.29) is 6.04 Å². The van der Waals surface area contributed by atoms with E-state index in [4.69, 9.17) is 4.74 Å². The Labute approximate surface area is 137 Å². The van der Waals surface area contributed by atoms with Gasteiger partial charge in [0.2, 0.25) is 0 Å². The molecule has 1 N–H and O–H groups in total. The molecule has 0 radical (unpaired) electrons. The molecule has 1 aromatic rings. The predicted molar refractivity (Wildman–Crippen MR) is 89.2 cm³/mol. The van der Waals surface area contributed by atoms with E-state index in [2.05, 4.69) is 37.2 Å². The van der Waals surface area contributed by atoms with Crippen LogP contribution in [-0.4, -0.2) is 17.7 Å². The normalized spacial score (nSPS) is 12.4. The van der Waals surface area contributed by atoms with Gasteiger partial charge in [-0.3, -0.25) is 0 Å². The number of ether oxygens (including phenoxy) is 1. The third-order valence-corrected chi connectivity index (χ3v) is 2.86. The van der Waals surface area contributed by atoms with E-state index in [1.165, 1.54) is 0 Å². The second-order valence-electron chi connectivity index (χ2n) is 5.40. The number of carbonyl (C=O) groups is 1. The number of hydrogen-bond acceptors (Lipinski definition) is 2. The Hall–Kier alpha value is -0.810. The zero-order valence-corrected chi connectivity index (χ0v) is 15.0. The number of hydrogen-bond donors (Lipinski definition) is 1. The van der Waals surface area contributed by atoms with Gasteiger partial charge in [0.05, 0.1) is 9.43 Å². The molecule has 5 heteroatoms. The molecule has 0 aliphatic carbocycles. The molecule has 0 bridgehead atoms. The number of carbonyl (C=O) groups excluding carboxylic acids is 1. The zero-order valence-electron chi connectivity index (χ0n) is 11.8. The summed E-state index contributed by atoms with van der Waals surface area (Å²) in [6.45, 7) is 5.53. The Morgan fingerprint density at radius 2 is 1.90 bits per heavy atom. The predicted octanol–water partition coefficient (Wildman–Crippen LogP) is 4.75. The molecule has 20 heavy (non-hydrogen) atoms. The van der Waals surface area contributed by atoms with Gasteiger partial charge in [-0.25, -0.2) is 4.79 Å². The van der Waals surface area contributed by atoms with Gasteiger partial charge in [-0.2, -0.15) is 0 Å². The van der Waals surface area contributed by atoms with Crippen molar-refractivity contribution in [2.45, 2.75) is 38.8 Å². The monoisotopic (exact) mass is 403 g/mol. The molecule has 0 fully saturated rings. The zero-order chi connectivity index (χ0) is 15.2. The van der Waals surface area contributed by atoms with Crippen LogP contribution >= 0.6 is 31.9 Å². The molecule has 1 atom stereocenters. The van der Waals surface area contributed by atoms with Gasteiger partial charge in [-0.1, -0.05) is 30.3 Å². The molecule has 1 amide bonds. The second-order valence-corrected chi connectivity index (χ2v) is 8.17. The quantitative estimate of drug-likeness (QED) is 0.785. The minimum absolute atomic E-state index is 0.152. The van der Waals surface area contributed by atoms with Crippen LogP contribution in [0.2, 0.25) is 0 Å². The van der Waals surface area contributed by atoms with Crippen molar-refractivity contribution in [3.05, 3.63) is 45.4 Å². The van der Waals surface area contributed by atoms with Crippen molar-refractivity contribution < 1.29 is 9.53 Å². The number of benzene rings is 1. The lowest BCUT2D eigenvalue weighted by atomic mass is 10.1. The van der Waals surface area contributed by atoms with Crippen LogP contribution in [0.15, 0.2) is 39.8 Å². The Bertz CT molecular complexity index is 463. The molecule has 0 unspecified atom stereocenters. The number of nitrogens with one attached hydrogen (secondary N) is 1. The largest absolute Gasteiger partial charge is 0.444 e. The first-order chi connectivity index (χ1) is 9.26. The topological polar surface area (TPSA) is 38.3 Å². The summed E-state index contributed by atoms with van der Waals surface area (Å²) in [6, 6.07) is 9.83. The highest BCUT2D eigenvalue weighted by molar-refractivity contribution is 9.28. The van der Waals surface area contributed by atoms with E-state index in [1.807, 2.05) is 57.2 Å². The van der Waals surface area contributed by atoms with Gasteiger partial charge in [-0.05, 0) is 70.7 Å². The maximum atomic E-state index is 11.8. The van der Waals surface area contributed by atoms with Gasteiger partial charge >= 0.3 is 6.09 Å².